The van der Waals surface area contributed by atoms with Gasteiger partial charge in [-0.05, 0) is 44.4 Å². The molecule has 0 aliphatic carbocycles. The van der Waals surface area contributed by atoms with Gasteiger partial charge in [-0.25, -0.2) is 0 Å². The van der Waals surface area contributed by atoms with Crippen molar-refractivity contribution in [2.75, 3.05) is 13.2 Å². The number of hydrogen-bond donors (Lipinski definition) is 1. The Balaban J connectivity index is 2.76. The van der Waals surface area contributed by atoms with Crippen LogP contribution in [-0.4, -0.2) is 13.2 Å². The Bertz CT molecular complexity index is 376. The van der Waals surface area contributed by atoms with E-state index in [1.165, 1.54) is 24.0 Å². The molecule has 0 amide bonds. The highest BCUT2D eigenvalue weighted by Gasteiger charge is 2.12. The van der Waals surface area contributed by atoms with Crippen LogP contribution in [0.2, 0.25) is 0 Å². The molecule has 1 aromatic carbocycles. The number of ether oxygens (including phenoxy) is 1. The van der Waals surface area contributed by atoms with E-state index in [0.717, 1.165) is 18.9 Å². The van der Waals surface area contributed by atoms with Gasteiger partial charge in [0.05, 0.1) is 6.61 Å². The fourth-order valence-electron chi connectivity index (χ4n) is 2.35. The van der Waals surface area contributed by atoms with Crippen molar-refractivity contribution >= 4 is 0 Å². The Morgan fingerprint density at radius 2 is 1.95 bits per heavy atom. The van der Waals surface area contributed by atoms with Gasteiger partial charge in [-0.3, -0.25) is 0 Å². The Labute approximate surface area is 118 Å². The molecular formula is C17H29NO. The smallest absolute Gasteiger partial charge is 0.124 e. The predicted molar refractivity (Wildman–Crippen MR) is 82.8 cm³/mol. The monoisotopic (exact) mass is 263 g/mol. The highest BCUT2D eigenvalue weighted by molar-refractivity contribution is 5.39. The molecule has 0 aliphatic rings. The number of aryl methyl sites for hydroxylation is 1. The molecule has 1 aromatic rings. The van der Waals surface area contributed by atoms with Gasteiger partial charge in [-0.1, -0.05) is 39.3 Å². The van der Waals surface area contributed by atoms with Crippen molar-refractivity contribution < 1.29 is 4.74 Å². The van der Waals surface area contributed by atoms with Gasteiger partial charge in [0, 0.05) is 11.6 Å². The van der Waals surface area contributed by atoms with Crippen LogP contribution in [0.1, 0.15) is 57.7 Å². The fourth-order valence-corrected chi connectivity index (χ4v) is 2.35. The SMILES string of the molecule is CCCC(C)COc1cc(C)ccc1C(C)NCC. The molecular weight excluding hydrogens is 234 g/mol. The third kappa shape index (κ3) is 5.23. The van der Waals surface area contributed by atoms with E-state index in [-0.39, 0.29) is 0 Å². The number of rotatable bonds is 8. The topological polar surface area (TPSA) is 21.3 Å². The summed E-state index contributed by atoms with van der Waals surface area (Å²) < 4.78 is 6.06. The van der Waals surface area contributed by atoms with Gasteiger partial charge in [0.25, 0.3) is 0 Å². The lowest BCUT2D eigenvalue weighted by Crippen LogP contribution is -2.19. The third-order valence-electron chi connectivity index (χ3n) is 3.45. The average Bonchev–Trinajstić information content (AvgIpc) is 2.37. The van der Waals surface area contributed by atoms with Gasteiger partial charge >= 0.3 is 0 Å². The summed E-state index contributed by atoms with van der Waals surface area (Å²) >= 11 is 0. The normalized spacial score (nSPS) is 14.2. The van der Waals surface area contributed by atoms with Crippen molar-refractivity contribution in [1.29, 1.82) is 0 Å². The van der Waals surface area contributed by atoms with Crippen LogP contribution >= 0.6 is 0 Å². The van der Waals surface area contributed by atoms with Gasteiger partial charge in [-0.2, -0.15) is 0 Å². The molecule has 19 heavy (non-hydrogen) atoms. The second-order valence-electron chi connectivity index (χ2n) is 5.53. The lowest BCUT2D eigenvalue weighted by atomic mass is 10.0. The zero-order chi connectivity index (χ0) is 14.3. The minimum absolute atomic E-state index is 0.335. The minimum atomic E-state index is 0.335. The maximum atomic E-state index is 6.06. The summed E-state index contributed by atoms with van der Waals surface area (Å²) in [5, 5.41) is 3.45. The summed E-state index contributed by atoms with van der Waals surface area (Å²) in [4.78, 5) is 0. The molecule has 0 aromatic heterocycles. The average molecular weight is 263 g/mol. The standard InChI is InChI=1S/C17H29NO/c1-6-8-14(4)12-19-17-11-13(3)9-10-16(17)15(5)18-7-2/h9-11,14-15,18H,6-8,12H2,1-5H3. The van der Waals surface area contributed by atoms with E-state index in [2.05, 4.69) is 58.1 Å². The lowest BCUT2D eigenvalue weighted by molar-refractivity contribution is 0.247. The molecule has 0 heterocycles. The quantitative estimate of drug-likeness (QED) is 0.746. The first-order valence-corrected chi connectivity index (χ1v) is 7.55. The minimum Gasteiger partial charge on any atom is -0.493 e. The van der Waals surface area contributed by atoms with E-state index in [4.69, 9.17) is 4.74 Å². The van der Waals surface area contributed by atoms with Crippen molar-refractivity contribution in [3.8, 4) is 5.75 Å². The molecule has 1 N–H and O–H groups in total. The number of hydrogen-bond acceptors (Lipinski definition) is 2. The lowest BCUT2D eigenvalue weighted by Gasteiger charge is -2.20. The molecule has 2 unspecified atom stereocenters. The molecule has 0 fully saturated rings. The second-order valence-corrected chi connectivity index (χ2v) is 5.53. The first kappa shape index (κ1) is 16.0. The zero-order valence-corrected chi connectivity index (χ0v) is 13.1. The molecule has 0 spiro atoms. The van der Waals surface area contributed by atoms with Crippen LogP contribution < -0.4 is 10.1 Å². The van der Waals surface area contributed by atoms with Crippen molar-refractivity contribution in [2.24, 2.45) is 5.92 Å². The van der Waals surface area contributed by atoms with Crippen molar-refractivity contribution in [3.63, 3.8) is 0 Å². The van der Waals surface area contributed by atoms with Crippen molar-refractivity contribution in [3.05, 3.63) is 29.3 Å². The molecule has 2 atom stereocenters. The number of nitrogens with one attached hydrogen (secondary N) is 1. The van der Waals surface area contributed by atoms with Gasteiger partial charge < -0.3 is 10.1 Å². The van der Waals surface area contributed by atoms with Crippen LogP contribution in [-0.2, 0) is 0 Å². The van der Waals surface area contributed by atoms with Crippen LogP contribution in [0.4, 0.5) is 0 Å². The van der Waals surface area contributed by atoms with Gasteiger partial charge in [0.1, 0.15) is 5.75 Å². The van der Waals surface area contributed by atoms with Crippen molar-refractivity contribution in [2.45, 2.75) is 53.5 Å². The van der Waals surface area contributed by atoms with Gasteiger partial charge in [0.2, 0.25) is 0 Å². The predicted octanol–water partition coefficient (Wildman–Crippen LogP) is 4.48. The Hall–Kier alpha value is -1.02. The van der Waals surface area contributed by atoms with Crippen LogP contribution in [0.3, 0.4) is 0 Å². The molecule has 0 saturated carbocycles. The molecule has 2 nitrogen and oxygen atoms in total. The fraction of sp³-hybridized carbons (Fsp3) is 0.647. The molecule has 2 heteroatoms. The summed E-state index contributed by atoms with van der Waals surface area (Å²) in [5.74, 6) is 1.66. The van der Waals surface area contributed by atoms with Gasteiger partial charge in [-0.15, -0.1) is 0 Å². The summed E-state index contributed by atoms with van der Waals surface area (Å²) in [7, 11) is 0. The van der Waals surface area contributed by atoms with Crippen LogP contribution in [0.5, 0.6) is 5.75 Å². The van der Waals surface area contributed by atoms with E-state index in [0.29, 0.717) is 12.0 Å². The zero-order valence-electron chi connectivity index (χ0n) is 13.1. The first-order valence-electron chi connectivity index (χ1n) is 7.55. The molecule has 0 saturated heterocycles. The second kappa shape index (κ2) is 8.21. The maximum Gasteiger partial charge on any atom is 0.124 e. The van der Waals surface area contributed by atoms with E-state index < -0.39 is 0 Å². The van der Waals surface area contributed by atoms with E-state index in [1.807, 2.05) is 0 Å². The maximum absolute atomic E-state index is 6.06. The first-order chi connectivity index (χ1) is 9.08. The summed E-state index contributed by atoms with van der Waals surface area (Å²) in [6, 6.07) is 6.83. The summed E-state index contributed by atoms with van der Waals surface area (Å²) in [5.41, 5.74) is 2.52. The van der Waals surface area contributed by atoms with E-state index >= 15 is 0 Å². The van der Waals surface area contributed by atoms with Crippen molar-refractivity contribution in [1.82, 2.24) is 5.32 Å². The van der Waals surface area contributed by atoms with Crippen LogP contribution in [0, 0.1) is 12.8 Å². The Morgan fingerprint density at radius 1 is 1.21 bits per heavy atom. The van der Waals surface area contributed by atoms with E-state index in [9.17, 15) is 0 Å². The van der Waals surface area contributed by atoms with E-state index in [1.54, 1.807) is 0 Å². The molecule has 0 aliphatic heterocycles. The molecule has 0 radical (unpaired) electrons. The molecule has 0 bridgehead atoms. The molecule has 108 valence electrons. The Kier molecular flexibility index (Phi) is 6.93. The molecule has 1 rings (SSSR count). The summed E-state index contributed by atoms with van der Waals surface area (Å²) in [6.45, 7) is 12.7. The highest BCUT2D eigenvalue weighted by Crippen LogP contribution is 2.27. The summed E-state index contributed by atoms with van der Waals surface area (Å²) in [6.07, 6.45) is 2.45. The highest BCUT2D eigenvalue weighted by atomic mass is 16.5. The third-order valence-corrected chi connectivity index (χ3v) is 3.45. The number of benzene rings is 1. The van der Waals surface area contributed by atoms with Crippen LogP contribution in [0.25, 0.3) is 0 Å². The Morgan fingerprint density at radius 3 is 2.58 bits per heavy atom. The van der Waals surface area contributed by atoms with Crippen LogP contribution in [0.15, 0.2) is 18.2 Å². The largest absolute Gasteiger partial charge is 0.493 e. The van der Waals surface area contributed by atoms with Gasteiger partial charge in [0.15, 0.2) is 0 Å².